The lowest BCUT2D eigenvalue weighted by Gasteiger charge is -2.34. The van der Waals surface area contributed by atoms with Gasteiger partial charge in [0, 0.05) is 0 Å². The van der Waals surface area contributed by atoms with Crippen molar-refractivity contribution in [1.82, 2.24) is 5.32 Å². The second kappa shape index (κ2) is 2.90. The van der Waals surface area contributed by atoms with Crippen LogP contribution < -0.4 is 5.32 Å². The molecular formula is C8H11NO3S. The van der Waals surface area contributed by atoms with Crippen LogP contribution in [0.15, 0.2) is 0 Å². The first-order valence-corrected chi connectivity index (χ1v) is 5.36. The van der Waals surface area contributed by atoms with Gasteiger partial charge in [-0.05, 0) is 25.5 Å². The van der Waals surface area contributed by atoms with Gasteiger partial charge in [-0.15, -0.1) is 0 Å². The topological polar surface area (TPSA) is 55.4 Å². The minimum atomic E-state index is -0.875. The van der Waals surface area contributed by atoms with Crippen LogP contribution in [0.4, 0.5) is 4.79 Å². The van der Waals surface area contributed by atoms with Gasteiger partial charge in [-0.3, -0.25) is 10.1 Å². The van der Waals surface area contributed by atoms with E-state index in [-0.39, 0.29) is 11.2 Å². The molecule has 2 unspecified atom stereocenters. The molecule has 1 spiro atoms. The number of imide groups is 1. The maximum Gasteiger partial charge on any atom is 0.415 e. The molecule has 2 amide bonds. The molecule has 2 saturated heterocycles. The number of ether oxygens (including phenoxy) is 1. The number of carbonyl (C=O) groups excluding carboxylic acids is 2. The van der Waals surface area contributed by atoms with Crippen LogP contribution >= 0.6 is 11.8 Å². The molecule has 2 heterocycles. The Morgan fingerprint density at radius 3 is 2.92 bits per heavy atom. The van der Waals surface area contributed by atoms with Crippen molar-refractivity contribution < 1.29 is 14.3 Å². The number of hydrogen-bond donors (Lipinski definition) is 1. The fourth-order valence-corrected chi connectivity index (χ4v) is 3.01. The van der Waals surface area contributed by atoms with Crippen molar-refractivity contribution in [2.45, 2.75) is 30.6 Å². The highest BCUT2D eigenvalue weighted by molar-refractivity contribution is 8.00. The molecule has 13 heavy (non-hydrogen) atoms. The van der Waals surface area contributed by atoms with Gasteiger partial charge >= 0.3 is 6.09 Å². The summed E-state index contributed by atoms with van der Waals surface area (Å²) in [5.74, 6) is 0.769. The maximum atomic E-state index is 11.5. The van der Waals surface area contributed by atoms with Gasteiger partial charge in [0.15, 0.2) is 0 Å². The predicted octanol–water partition coefficient (Wildman–Crippen LogP) is 0.907. The third-order valence-electron chi connectivity index (χ3n) is 2.59. The van der Waals surface area contributed by atoms with Crippen LogP contribution in [-0.4, -0.2) is 28.6 Å². The average Bonchev–Trinajstić information content (AvgIpc) is 2.35. The van der Waals surface area contributed by atoms with Crippen LogP contribution in [0.1, 0.15) is 19.8 Å². The quantitative estimate of drug-likeness (QED) is 0.633. The smallest absolute Gasteiger partial charge is 0.415 e. The number of alkyl carbamates (subject to hydrolysis) is 1. The highest BCUT2D eigenvalue weighted by Crippen LogP contribution is 2.39. The largest absolute Gasteiger partial charge is 0.431 e. The van der Waals surface area contributed by atoms with E-state index in [0.29, 0.717) is 6.42 Å². The second-order valence-corrected chi connectivity index (χ2v) is 4.80. The molecule has 2 rings (SSSR count). The molecule has 0 bridgehead atoms. The van der Waals surface area contributed by atoms with Crippen molar-refractivity contribution in [3.63, 3.8) is 0 Å². The third kappa shape index (κ3) is 1.22. The maximum absolute atomic E-state index is 11.5. The van der Waals surface area contributed by atoms with Crippen molar-refractivity contribution in [2.24, 2.45) is 0 Å². The second-order valence-electron chi connectivity index (χ2n) is 3.35. The molecule has 2 aliphatic rings. The fraction of sp³-hybridized carbons (Fsp3) is 0.750. The van der Waals surface area contributed by atoms with Crippen LogP contribution in [0.3, 0.4) is 0 Å². The number of rotatable bonds is 0. The van der Waals surface area contributed by atoms with Crippen molar-refractivity contribution in [1.29, 1.82) is 0 Å². The van der Waals surface area contributed by atoms with E-state index in [1.807, 2.05) is 6.92 Å². The zero-order valence-electron chi connectivity index (χ0n) is 7.33. The monoisotopic (exact) mass is 201 g/mol. The molecule has 0 aromatic rings. The van der Waals surface area contributed by atoms with E-state index >= 15 is 0 Å². The van der Waals surface area contributed by atoms with E-state index < -0.39 is 11.7 Å². The summed E-state index contributed by atoms with van der Waals surface area (Å²) in [5.41, 5.74) is -0.875. The van der Waals surface area contributed by atoms with Gasteiger partial charge in [0.25, 0.3) is 5.91 Å². The lowest BCUT2D eigenvalue weighted by Crippen LogP contribution is -2.49. The van der Waals surface area contributed by atoms with Crippen LogP contribution in [-0.2, 0) is 9.53 Å². The van der Waals surface area contributed by atoms with E-state index in [2.05, 4.69) is 5.32 Å². The molecule has 2 fully saturated rings. The summed E-state index contributed by atoms with van der Waals surface area (Å²) >= 11 is 1.68. The molecule has 2 atom stereocenters. The first-order chi connectivity index (χ1) is 6.15. The Labute approximate surface area is 80.4 Å². The normalized spacial score (nSPS) is 39.0. The molecule has 1 N–H and O–H groups in total. The Bertz CT molecular complexity index is 268. The van der Waals surface area contributed by atoms with Crippen LogP contribution in [0.5, 0.6) is 0 Å². The summed E-state index contributed by atoms with van der Waals surface area (Å²) in [4.78, 5) is 22.4. The van der Waals surface area contributed by atoms with E-state index in [4.69, 9.17) is 4.74 Å². The van der Waals surface area contributed by atoms with E-state index in [1.165, 1.54) is 0 Å². The van der Waals surface area contributed by atoms with Crippen molar-refractivity contribution in [2.75, 3.05) is 5.75 Å². The highest BCUT2D eigenvalue weighted by atomic mass is 32.2. The van der Waals surface area contributed by atoms with Gasteiger partial charge in [0.2, 0.25) is 5.60 Å². The van der Waals surface area contributed by atoms with Gasteiger partial charge in [-0.25, -0.2) is 4.79 Å². The number of nitrogens with one attached hydrogen (secondary N) is 1. The zero-order chi connectivity index (χ0) is 9.47. The first-order valence-electron chi connectivity index (χ1n) is 4.31. The highest BCUT2D eigenvalue weighted by Gasteiger charge is 2.54. The third-order valence-corrected chi connectivity index (χ3v) is 4.00. The number of hydrogen-bond acceptors (Lipinski definition) is 4. The Morgan fingerprint density at radius 2 is 2.38 bits per heavy atom. The number of thioether (sulfide) groups is 1. The zero-order valence-corrected chi connectivity index (χ0v) is 8.15. The van der Waals surface area contributed by atoms with E-state index in [9.17, 15) is 9.59 Å². The molecule has 0 aliphatic carbocycles. The summed E-state index contributed by atoms with van der Waals surface area (Å²) in [6.07, 6.45) is 0.980. The SMILES string of the molecule is CC1SCCCC12OC(=O)NC2=O. The van der Waals surface area contributed by atoms with Crippen LogP contribution in [0, 0.1) is 0 Å². The number of carbonyl (C=O) groups is 2. The van der Waals surface area contributed by atoms with Gasteiger partial charge < -0.3 is 4.74 Å². The molecule has 4 nitrogen and oxygen atoms in total. The molecule has 2 aliphatic heterocycles. The summed E-state index contributed by atoms with van der Waals surface area (Å²) in [6, 6.07) is 0. The lowest BCUT2D eigenvalue weighted by molar-refractivity contribution is -0.131. The molecule has 0 radical (unpaired) electrons. The van der Waals surface area contributed by atoms with Gasteiger partial charge in [-0.1, -0.05) is 0 Å². The summed E-state index contributed by atoms with van der Waals surface area (Å²) < 4.78 is 5.09. The standard InChI is InChI=1S/C8H11NO3S/c1-5-8(3-2-4-13-5)6(10)9-7(11)12-8/h5H,2-4H2,1H3,(H,9,10,11). The first kappa shape index (κ1) is 8.87. The molecule has 0 aromatic carbocycles. The van der Waals surface area contributed by atoms with E-state index in [0.717, 1.165) is 12.2 Å². The summed E-state index contributed by atoms with van der Waals surface area (Å²) in [7, 11) is 0. The fourth-order valence-electron chi connectivity index (χ4n) is 1.80. The minimum Gasteiger partial charge on any atom is -0.431 e. The Morgan fingerprint density at radius 1 is 1.62 bits per heavy atom. The van der Waals surface area contributed by atoms with Crippen molar-refractivity contribution in [3.8, 4) is 0 Å². The van der Waals surface area contributed by atoms with E-state index in [1.54, 1.807) is 11.8 Å². The van der Waals surface area contributed by atoms with Gasteiger partial charge in [-0.2, -0.15) is 11.8 Å². The Balaban J connectivity index is 2.26. The van der Waals surface area contributed by atoms with Crippen molar-refractivity contribution >= 4 is 23.8 Å². The van der Waals surface area contributed by atoms with Crippen LogP contribution in [0.25, 0.3) is 0 Å². The Hall–Kier alpha value is -0.710. The average molecular weight is 201 g/mol. The number of amides is 2. The summed E-state index contributed by atoms with van der Waals surface area (Å²) in [5, 5.41) is 2.26. The molecular weight excluding hydrogens is 190 g/mol. The predicted molar refractivity (Wildman–Crippen MR) is 48.5 cm³/mol. The molecule has 72 valence electrons. The molecule has 0 aromatic heterocycles. The Kier molecular flexibility index (Phi) is 1.98. The van der Waals surface area contributed by atoms with Crippen LogP contribution in [0.2, 0.25) is 0 Å². The van der Waals surface area contributed by atoms with Gasteiger partial charge in [0.1, 0.15) is 0 Å². The minimum absolute atomic E-state index is 0.0627. The van der Waals surface area contributed by atoms with Gasteiger partial charge in [0.05, 0.1) is 5.25 Å². The molecule has 0 saturated carbocycles. The van der Waals surface area contributed by atoms with Crippen molar-refractivity contribution in [3.05, 3.63) is 0 Å². The lowest BCUT2D eigenvalue weighted by atomic mass is 9.93. The summed E-state index contributed by atoms with van der Waals surface area (Å²) in [6.45, 7) is 1.93. The molecule has 5 heteroatoms.